The van der Waals surface area contributed by atoms with Crippen LogP contribution in [0.15, 0.2) is 47.4 Å². The first-order valence-corrected chi connectivity index (χ1v) is 11.4. The zero-order valence-electron chi connectivity index (χ0n) is 16.0. The molecule has 0 spiro atoms. The molecule has 0 aliphatic carbocycles. The molecule has 11 heteroatoms. The van der Waals surface area contributed by atoms with Crippen molar-refractivity contribution in [1.29, 1.82) is 0 Å². The Balaban J connectivity index is 2.13. The predicted molar refractivity (Wildman–Crippen MR) is 114 cm³/mol. The highest BCUT2D eigenvalue weighted by Gasteiger charge is 2.37. The average molecular weight is 472 g/mol. The third kappa shape index (κ3) is 4.38. The molecule has 0 radical (unpaired) electrons. The number of nitro groups is 1. The van der Waals surface area contributed by atoms with Crippen molar-refractivity contribution in [3.05, 3.63) is 62.6 Å². The number of non-ortho nitro benzene ring substituents is 1. The average Bonchev–Trinajstić information content (AvgIpc) is 3.23. The molecule has 1 heterocycles. The van der Waals surface area contributed by atoms with Crippen molar-refractivity contribution in [2.75, 3.05) is 17.4 Å². The van der Waals surface area contributed by atoms with Gasteiger partial charge in [0.1, 0.15) is 10.9 Å². The second-order valence-electron chi connectivity index (χ2n) is 6.86. The first-order chi connectivity index (χ1) is 14.1. The normalized spacial score (nSPS) is 15.1. The van der Waals surface area contributed by atoms with Crippen LogP contribution in [0.25, 0.3) is 0 Å². The summed E-state index contributed by atoms with van der Waals surface area (Å²) < 4.78 is 28.1. The largest absolute Gasteiger partial charge is 0.341 e. The van der Waals surface area contributed by atoms with Gasteiger partial charge in [-0.05, 0) is 50.1 Å². The Morgan fingerprint density at radius 2 is 1.73 bits per heavy atom. The zero-order valence-corrected chi connectivity index (χ0v) is 18.3. The summed E-state index contributed by atoms with van der Waals surface area (Å²) >= 11 is 12.0. The third-order valence-electron chi connectivity index (χ3n) is 4.87. The van der Waals surface area contributed by atoms with Crippen LogP contribution in [0.2, 0.25) is 10.0 Å². The fourth-order valence-electron chi connectivity index (χ4n) is 3.37. The molecule has 0 N–H and O–H groups in total. The highest BCUT2D eigenvalue weighted by atomic mass is 35.5. The van der Waals surface area contributed by atoms with Gasteiger partial charge in [-0.15, -0.1) is 0 Å². The molecule has 1 atom stereocenters. The fourth-order valence-corrected chi connectivity index (χ4v) is 5.61. The molecule has 1 amide bonds. The number of nitro benzene ring substituents is 1. The Hall–Kier alpha value is -2.36. The number of carbonyl (C=O) groups is 1. The summed E-state index contributed by atoms with van der Waals surface area (Å²) in [4.78, 5) is 24.6. The molecule has 0 aromatic heterocycles. The van der Waals surface area contributed by atoms with Crippen LogP contribution in [-0.2, 0) is 14.8 Å². The Bertz CT molecular complexity index is 1070. The van der Waals surface area contributed by atoms with Gasteiger partial charge in [0, 0.05) is 30.2 Å². The lowest BCUT2D eigenvalue weighted by Crippen LogP contribution is -2.49. The van der Waals surface area contributed by atoms with Gasteiger partial charge in [0.05, 0.1) is 15.6 Å². The van der Waals surface area contributed by atoms with Gasteiger partial charge in [0.2, 0.25) is 5.91 Å². The monoisotopic (exact) mass is 471 g/mol. The number of hydrogen-bond donors (Lipinski definition) is 0. The standard InChI is InChI=1S/C19H19Cl2N3O5S/c1-13(19(25)22-10-2-3-11-22)23(15-6-4-14(20)5-7-15)30(28,29)18-12-16(24(26)27)8-9-17(18)21/h4-9,12-13H,2-3,10-11H2,1H3. The summed E-state index contributed by atoms with van der Waals surface area (Å²) in [6.07, 6.45) is 1.70. The SMILES string of the molecule is CC(C(=O)N1CCCC1)N(c1ccc(Cl)cc1)S(=O)(=O)c1cc([N+](=O)[O-])ccc1Cl. The smallest absolute Gasteiger partial charge is 0.270 e. The van der Waals surface area contributed by atoms with Crippen molar-refractivity contribution in [2.24, 2.45) is 0 Å². The molecular formula is C19H19Cl2N3O5S. The maximum atomic E-state index is 13.6. The molecule has 2 aromatic carbocycles. The number of likely N-dealkylation sites (tertiary alicyclic amines) is 1. The van der Waals surface area contributed by atoms with Gasteiger partial charge < -0.3 is 4.90 Å². The highest BCUT2D eigenvalue weighted by molar-refractivity contribution is 7.93. The number of amides is 1. The van der Waals surface area contributed by atoms with Crippen LogP contribution >= 0.6 is 23.2 Å². The van der Waals surface area contributed by atoms with Gasteiger partial charge in [-0.25, -0.2) is 8.42 Å². The van der Waals surface area contributed by atoms with Crippen LogP contribution in [0, 0.1) is 10.1 Å². The van der Waals surface area contributed by atoms with Crippen molar-refractivity contribution >= 4 is 50.5 Å². The van der Waals surface area contributed by atoms with Crippen molar-refractivity contribution < 1.29 is 18.1 Å². The topological polar surface area (TPSA) is 101 Å². The van der Waals surface area contributed by atoms with Crippen LogP contribution in [0.3, 0.4) is 0 Å². The Labute approximate surface area is 184 Å². The summed E-state index contributed by atoms with van der Waals surface area (Å²) in [7, 11) is -4.42. The maximum Gasteiger partial charge on any atom is 0.270 e. The van der Waals surface area contributed by atoms with E-state index in [9.17, 15) is 23.3 Å². The van der Waals surface area contributed by atoms with Crippen molar-refractivity contribution in [3.63, 3.8) is 0 Å². The van der Waals surface area contributed by atoms with Gasteiger partial charge in [-0.1, -0.05) is 23.2 Å². The van der Waals surface area contributed by atoms with Crippen LogP contribution in [0.5, 0.6) is 0 Å². The first kappa shape index (κ1) is 22.3. The first-order valence-electron chi connectivity index (χ1n) is 9.15. The van der Waals surface area contributed by atoms with E-state index in [-0.39, 0.29) is 16.6 Å². The van der Waals surface area contributed by atoms with Gasteiger partial charge in [-0.2, -0.15) is 0 Å². The molecule has 160 valence electrons. The van der Waals surface area contributed by atoms with Crippen molar-refractivity contribution in [3.8, 4) is 0 Å². The molecule has 1 aliphatic rings. The number of nitrogens with zero attached hydrogens (tertiary/aromatic N) is 3. The van der Waals surface area contributed by atoms with E-state index in [2.05, 4.69) is 0 Å². The molecule has 1 unspecified atom stereocenters. The second-order valence-corrected chi connectivity index (χ2v) is 9.48. The molecular weight excluding hydrogens is 453 g/mol. The van der Waals surface area contributed by atoms with Crippen LogP contribution < -0.4 is 4.31 Å². The second kappa shape index (κ2) is 8.79. The minimum atomic E-state index is -4.42. The molecule has 30 heavy (non-hydrogen) atoms. The van der Waals surface area contributed by atoms with E-state index in [1.807, 2.05) is 0 Å². The highest BCUT2D eigenvalue weighted by Crippen LogP contribution is 2.33. The summed E-state index contributed by atoms with van der Waals surface area (Å²) in [5.74, 6) is -0.354. The van der Waals surface area contributed by atoms with Gasteiger partial charge in [-0.3, -0.25) is 19.2 Å². The van der Waals surface area contributed by atoms with E-state index in [1.165, 1.54) is 31.2 Å². The maximum absolute atomic E-state index is 13.6. The molecule has 1 fully saturated rings. The van der Waals surface area contributed by atoms with E-state index in [0.29, 0.717) is 18.1 Å². The van der Waals surface area contributed by atoms with Gasteiger partial charge >= 0.3 is 0 Å². The summed E-state index contributed by atoms with van der Waals surface area (Å²) in [5.41, 5.74) is -0.227. The molecule has 1 saturated heterocycles. The molecule has 3 rings (SSSR count). The van der Waals surface area contributed by atoms with E-state index in [0.717, 1.165) is 35.3 Å². The molecule has 2 aromatic rings. The van der Waals surface area contributed by atoms with Gasteiger partial charge in [0.15, 0.2) is 0 Å². The number of anilines is 1. The zero-order chi connectivity index (χ0) is 22.1. The molecule has 0 saturated carbocycles. The summed E-state index contributed by atoms with van der Waals surface area (Å²) in [5, 5.41) is 11.4. The number of hydrogen-bond acceptors (Lipinski definition) is 5. The van der Waals surface area contributed by atoms with Crippen LogP contribution in [0.1, 0.15) is 19.8 Å². The number of halogens is 2. The lowest BCUT2D eigenvalue weighted by atomic mass is 10.2. The Morgan fingerprint density at radius 1 is 1.13 bits per heavy atom. The molecule has 1 aliphatic heterocycles. The van der Waals surface area contributed by atoms with Crippen LogP contribution in [0.4, 0.5) is 11.4 Å². The van der Waals surface area contributed by atoms with Crippen LogP contribution in [-0.4, -0.2) is 43.3 Å². The van der Waals surface area contributed by atoms with Crippen molar-refractivity contribution in [1.82, 2.24) is 4.90 Å². The minimum Gasteiger partial charge on any atom is -0.341 e. The molecule has 8 nitrogen and oxygen atoms in total. The number of benzene rings is 2. The summed E-state index contributed by atoms with van der Waals surface area (Å²) in [6, 6.07) is 8.02. The van der Waals surface area contributed by atoms with E-state index in [1.54, 1.807) is 4.90 Å². The van der Waals surface area contributed by atoms with E-state index >= 15 is 0 Å². The number of carbonyl (C=O) groups excluding carboxylic acids is 1. The number of rotatable bonds is 6. The lowest BCUT2D eigenvalue weighted by Gasteiger charge is -2.32. The fraction of sp³-hybridized carbons (Fsp3) is 0.316. The quantitative estimate of drug-likeness (QED) is 0.465. The molecule has 0 bridgehead atoms. The lowest BCUT2D eigenvalue weighted by molar-refractivity contribution is -0.385. The number of sulfonamides is 1. The Morgan fingerprint density at radius 3 is 2.30 bits per heavy atom. The third-order valence-corrected chi connectivity index (χ3v) is 7.50. The van der Waals surface area contributed by atoms with Crippen molar-refractivity contribution in [2.45, 2.75) is 30.7 Å². The minimum absolute atomic E-state index is 0.180. The summed E-state index contributed by atoms with van der Waals surface area (Å²) in [6.45, 7) is 2.59. The van der Waals surface area contributed by atoms with E-state index < -0.39 is 31.6 Å². The van der Waals surface area contributed by atoms with Gasteiger partial charge in [0.25, 0.3) is 15.7 Å². The predicted octanol–water partition coefficient (Wildman–Crippen LogP) is 4.11. The van der Waals surface area contributed by atoms with E-state index in [4.69, 9.17) is 23.2 Å². The Kier molecular flexibility index (Phi) is 6.54.